The van der Waals surface area contributed by atoms with E-state index in [0.717, 1.165) is 5.56 Å². The third-order valence-corrected chi connectivity index (χ3v) is 6.36. The van der Waals surface area contributed by atoms with Crippen molar-refractivity contribution in [1.29, 1.82) is 0 Å². The highest BCUT2D eigenvalue weighted by Gasteiger charge is 2.26. The Labute approximate surface area is 168 Å². The fourth-order valence-corrected chi connectivity index (χ4v) is 4.26. The van der Waals surface area contributed by atoms with Crippen molar-refractivity contribution in [3.63, 3.8) is 0 Å². The summed E-state index contributed by atoms with van der Waals surface area (Å²) < 4.78 is 26.1. The molecule has 1 aliphatic heterocycles. The molecule has 3 rings (SSSR count). The van der Waals surface area contributed by atoms with Crippen LogP contribution in [-0.4, -0.2) is 70.7 Å². The van der Waals surface area contributed by atoms with Gasteiger partial charge < -0.3 is 4.90 Å². The molecular formula is C18H23N5O5S. The van der Waals surface area contributed by atoms with Gasteiger partial charge in [-0.2, -0.15) is 9.40 Å². The van der Waals surface area contributed by atoms with Crippen molar-refractivity contribution in [2.75, 3.05) is 32.4 Å². The van der Waals surface area contributed by atoms with Crippen LogP contribution in [0.2, 0.25) is 0 Å². The van der Waals surface area contributed by atoms with Crippen LogP contribution in [-0.2, 0) is 16.6 Å². The summed E-state index contributed by atoms with van der Waals surface area (Å²) in [5.74, 6) is -0.147. The van der Waals surface area contributed by atoms with Crippen LogP contribution >= 0.6 is 0 Å². The van der Waals surface area contributed by atoms with Crippen LogP contribution in [0, 0.1) is 24.0 Å². The van der Waals surface area contributed by atoms with Crippen molar-refractivity contribution in [3.05, 3.63) is 56.9 Å². The first-order valence-electron chi connectivity index (χ1n) is 9.09. The number of amides is 1. The molecule has 1 saturated heterocycles. The normalized spacial score (nSPS) is 15.5. The topological polar surface area (TPSA) is 119 Å². The van der Waals surface area contributed by atoms with Crippen molar-refractivity contribution in [2.24, 2.45) is 0 Å². The van der Waals surface area contributed by atoms with E-state index in [9.17, 15) is 23.3 Å². The molecule has 0 aliphatic carbocycles. The largest absolute Gasteiger partial charge is 0.336 e. The van der Waals surface area contributed by atoms with E-state index >= 15 is 0 Å². The number of hydrogen-bond donors (Lipinski definition) is 0. The molecule has 156 valence electrons. The maximum Gasteiger partial charge on any atom is 0.312 e. The molecule has 0 bridgehead atoms. The number of rotatable bonds is 5. The molecule has 0 saturated carbocycles. The van der Waals surface area contributed by atoms with Crippen molar-refractivity contribution in [3.8, 4) is 0 Å². The van der Waals surface area contributed by atoms with E-state index in [1.54, 1.807) is 47.7 Å². The summed E-state index contributed by atoms with van der Waals surface area (Å²) in [6.07, 6.45) is 1.17. The molecule has 10 nitrogen and oxygen atoms in total. The molecule has 29 heavy (non-hydrogen) atoms. The molecule has 0 N–H and O–H groups in total. The Hall–Kier alpha value is -2.79. The number of nitro groups is 1. The lowest BCUT2D eigenvalue weighted by atomic mass is 10.1. The number of sulfonamides is 1. The second kappa shape index (κ2) is 7.91. The lowest BCUT2D eigenvalue weighted by molar-refractivity contribution is -0.386. The SMILES string of the molecule is Cc1nn(Cc2ccc(C(=O)N3CCN(S(C)(=O)=O)CC3)cc2)c(C)c1[N+](=O)[O-]. The van der Waals surface area contributed by atoms with E-state index in [1.807, 2.05) is 0 Å². The predicted octanol–water partition coefficient (Wildman–Crippen LogP) is 1.17. The minimum Gasteiger partial charge on any atom is -0.336 e. The zero-order valence-corrected chi connectivity index (χ0v) is 17.3. The summed E-state index contributed by atoms with van der Waals surface area (Å²) in [7, 11) is -3.24. The molecular weight excluding hydrogens is 398 g/mol. The molecule has 2 aromatic rings. The van der Waals surface area contributed by atoms with Crippen molar-refractivity contribution in [1.82, 2.24) is 19.0 Å². The molecule has 0 unspecified atom stereocenters. The van der Waals surface area contributed by atoms with Gasteiger partial charge in [0.2, 0.25) is 10.0 Å². The quantitative estimate of drug-likeness (QED) is 0.528. The highest BCUT2D eigenvalue weighted by Crippen LogP contribution is 2.22. The van der Waals surface area contributed by atoms with Crippen molar-refractivity contribution >= 4 is 21.6 Å². The van der Waals surface area contributed by atoms with Crippen LogP contribution in [0.3, 0.4) is 0 Å². The standard InChI is InChI=1S/C18H23N5O5S/c1-13-17(23(25)26)14(2)22(19-13)12-15-4-6-16(7-5-15)18(24)20-8-10-21(11-9-20)29(3,27)28/h4-7H,8-12H2,1-3H3. The Bertz CT molecular complexity index is 1040. The van der Waals surface area contributed by atoms with E-state index < -0.39 is 14.9 Å². The van der Waals surface area contributed by atoms with E-state index in [2.05, 4.69) is 5.10 Å². The summed E-state index contributed by atoms with van der Waals surface area (Å²) >= 11 is 0. The molecule has 1 aromatic carbocycles. The monoisotopic (exact) mass is 421 g/mol. The van der Waals surface area contributed by atoms with Gasteiger partial charge in [0.1, 0.15) is 11.4 Å². The molecule has 0 atom stereocenters. The smallest absolute Gasteiger partial charge is 0.312 e. The predicted molar refractivity (Wildman–Crippen MR) is 106 cm³/mol. The van der Waals surface area contributed by atoms with E-state index in [-0.39, 0.29) is 11.6 Å². The number of piperazine rings is 1. The summed E-state index contributed by atoms with van der Waals surface area (Å²) in [6, 6.07) is 7.01. The summed E-state index contributed by atoms with van der Waals surface area (Å²) in [6.45, 7) is 4.91. The summed E-state index contributed by atoms with van der Waals surface area (Å²) in [4.78, 5) is 25.0. The van der Waals surface area contributed by atoms with Crippen LogP contribution in [0.15, 0.2) is 24.3 Å². The minimum atomic E-state index is -3.24. The van der Waals surface area contributed by atoms with Crippen LogP contribution in [0.25, 0.3) is 0 Å². The molecule has 2 heterocycles. The van der Waals surface area contributed by atoms with Gasteiger partial charge in [-0.25, -0.2) is 8.42 Å². The maximum absolute atomic E-state index is 12.7. The van der Waals surface area contributed by atoms with Gasteiger partial charge in [0.15, 0.2) is 0 Å². The Balaban J connectivity index is 1.67. The molecule has 0 spiro atoms. The van der Waals surface area contributed by atoms with Gasteiger partial charge in [-0.1, -0.05) is 12.1 Å². The van der Waals surface area contributed by atoms with Gasteiger partial charge >= 0.3 is 5.69 Å². The van der Waals surface area contributed by atoms with Crippen LogP contribution in [0.1, 0.15) is 27.3 Å². The number of aryl methyl sites for hydroxylation is 1. The van der Waals surface area contributed by atoms with E-state index in [0.29, 0.717) is 49.7 Å². The highest BCUT2D eigenvalue weighted by molar-refractivity contribution is 7.88. The van der Waals surface area contributed by atoms with Gasteiger partial charge in [-0.3, -0.25) is 19.6 Å². The first-order chi connectivity index (χ1) is 13.6. The fourth-order valence-electron chi connectivity index (χ4n) is 3.44. The number of hydrogen-bond acceptors (Lipinski definition) is 6. The van der Waals surface area contributed by atoms with E-state index in [4.69, 9.17) is 0 Å². The zero-order valence-electron chi connectivity index (χ0n) is 16.5. The summed E-state index contributed by atoms with van der Waals surface area (Å²) in [5, 5.41) is 15.4. The Morgan fingerprint density at radius 3 is 2.21 bits per heavy atom. The number of aromatic nitrogens is 2. The molecule has 1 aromatic heterocycles. The first-order valence-corrected chi connectivity index (χ1v) is 10.9. The lowest BCUT2D eigenvalue weighted by Gasteiger charge is -2.33. The second-order valence-electron chi connectivity index (χ2n) is 7.09. The average Bonchev–Trinajstić information content (AvgIpc) is 2.94. The zero-order chi connectivity index (χ0) is 21.3. The van der Waals surface area contributed by atoms with Gasteiger partial charge in [0.05, 0.1) is 17.7 Å². The maximum atomic E-state index is 12.7. The number of carbonyl (C=O) groups is 1. The third kappa shape index (κ3) is 4.46. The van der Waals surface area contributed by atoms with E-state index in [1.165, 1.54) is 10.6 Å². The van der Waals surface area contributed by atoms with Gasteiger partial charge in [-0.05, 0) is 31.5 Å². The number of benzene rings is 1. The van der Waals surface area contributed by atoms with Crippen LogP contribution in [0.5, 0.6) is 0 Å². The van der Waals surface area contributed by atoms with Gasteiger partial charge in [0.25, 0.3) is 5.91 Å². The number of carbonyl (C=O) groups excluding carboxylic acids is 1. The third-order valence-electron chi connectivity index (χ3n) is 5.05. The highest BCUT2D eigenvalue weighted by atomic mass is 32.2. The van der Waals surface area contributed by atoms with Crippen LogP contribution < -0.4 is 0 Å². The number of nitrogens with zero attached hydrogens (tertiary/aromatic N) is 5. The molecule has 0 radical (unpaired) electrons. The van der Waals surface area contributed by atoms with Gasteiger partial charge in [0, 0.05) is 31.7 Å². The molecule has 11 heteroatoms. The average molecular weight is 421 g/mol. The fraction of sp³-hybridized carbons (Fsp3) is 0.444. The minimum absolute atomic E-state index is 0.0185. The lowest BCUT2D eigenvalue weighted by Crippen LogP contribution is -2.50. The molecule has 1 aliphatic rings. The van der Waals surface area contributed by atoms with Crippen molar-refractivity contribution in [2.45, 2.75) is 20.4 Å². The first kappa shape index (κ1) is 20.9. The Morgan fingerprint density at radius 1 is 1.14 bits per heavy atom. The summed E-state index contributed by atoms with van der Waals surface area (Å²) in [5.41, 5.74) is 2.25. The Morgan fingerprint density at radius 2 is 1.72 bits per heavy atom. The molecule has 1 amide bonds. The van der Waals surface area contributed by atoms with Gasteiger partial charge in [-0.15, -0.1) is 0 Å². The van der Waals surface area contributed by atoms with Crippen molar-refractivity contribution < 1.29 is 18.1 Å². The second-order valence-corrected chi connectivity index (χ2v) is 9.07. The van der Waals surface area contributed by atoms with Crippen LogP contribution in [0.4, 0.5) is 5.69 Å². The Kier molecular flexibility index (Phi) is 5.71. The molecule has 1 fully saturated rings.